The number of imidazole rings is 1. The quantitative estimate of drug-likeness (QED) is 0.751. The molecule has 0 saturated carbocycles. The van der Waals surface area contributed by atoms with Crippen molar-refractivity contribution in [3.8, 4) is 0 Å². The number of nitrogens with zero attached hydrogens (tertiary/aromatic N) is 3. The van der Waals surface area contributed by atoms with E-state index in [-0.39, 0.29) is 12.1 Å². The maximum absolute atomic E-state index is 12.3. The van der Waals surface area contributed by atoms with Gasteiger partial charge in [-0.1, -0.05) is 23.7 Å². The second-order valence-electron chi connectivity index (χ2n) is 5.28. The number of aromatic nitrogens is 2. The van der Waals surface area contributed by atoms with Crippen LogP contribution in [0, 0.1) is 0 Å². The molecule has 0 saturated heterocycles. The summed E-state index contributed by atoms with van der Waals surface area (Å²) in [4.78, 5) is 18.9. The fourth-order valence-corrected chi connectivity index (χ4v) is 2.97. The third-order valence-corrected chi connectivity index (χ3v) is 4.12. The summed E-state index contributed by atoms with van der Waals surface area (Å²) >= 11 is 6.00. The van der Waals surface area contributed by atoms with E-state index in [9.17, 15) is 4.79 Å². The number of hydrogen-bond acceptors (Lipinski definition) is 3. The zero-order chi connectivity index (χ0) is 15.3. The molecule has 3 aromatic rings. The van der Waals surface area contributed by atoms with Crippen LogP contribution >= 0.6 is 11.6 Å². The molecule has 1 aliphatic rings. The number of hydrogen-bond donors (Lipinski definition) is 1. The molecule has 1 unspecified atom stereocenters. The van der Waals surface area contributed by atoms with Crippen LogP contribution in [0.3, 0.4) is 0 Å². The average Bonchev–Trinajstić information content (AvgIpc) is 2.93. The summed E-state index contributed by atoms with van der Waals surface area (Å²) in [5, 5.41) is 3.63. The molecule has 5 nitrogen and oxygen atoms in total. The van der Waals surface area contributed by atoms with Crippen LogP contribution in [0.25, 0.3) is 5.65 Å². The minimum Gasteiger partial charge on any atom is -0.349 e. The van der Waals surface area contributed by atoms with Crippen molar-refractivity contribution in [3.63, 3.8) is 0 Å². The summed E-state index contributed by atoms with van der Waals surface area (Å²) in [7, 11) is 1.94. The molecule has 0 radical (unpaired) electrons. The predicted molar refractivity (Wildman–Crippen MR) is 85.3 cm³/mol. The first kappa shape index (κ1) is 13.2. The van der Waals surface area contributed by atoms with Crippen LogP contribution in [-0.4, -0.2) is 22.3 Å². The summed E-state index contributed by atoms with van der Waals surface area (Å²) < 4.78 is 1.86. The fourth-order valence-electron chi connectivity index (χ4n) is 2.80. The molecule has 0 bridgehead atoms. The first-order valence-electron chi connectivity index (χ1n) is 6.90. The average molecular weight is 313 g/mol. The number of para-hydroxylation sites is 1. The van der Waals surface area contributed by atoms with Gasteiger partial charge in [0.05, 0.1) is 16.3 Å². The molecule has 22 heavy (non-hydrogen) atoms. The van der Waals surface area contributed by atoms with Crippen LogP contribution in [0.4, 0.5) is 5.69 Å². The van der Waals surface area contributed by atoms with Gasteiger partial charge < -0.3 is 14.6 Å². The van der Waals surface area contributed by atoms with Gasteiger partial charge >= 0.3 is 0 Å². The van der Waals surface area contributed by atoms with Crippen molar-refractivity contribution in [2.45, 2.75) is 6.17 Å². The first-order valence-corrected chi connectivity index (χ1v) is 7.28. The number of pyridine rings is 1. The van der Waals surface area contributed by atoms with Crippen LogP contribution in [-0.2, 0) is 0 Å². The van der Waals surface area contributed by atoms with Crippen molar-refractivity contribution >= 4 is 28.8 Å². The highest BCUT2D eigenvalue weighted by atomic mass is 35.5. The second-order valence-corrected chi connectivity index (χ2v) is 5.72. The molecule has 0 fully saturated rings. The smallest absolute Gasteiger partial charge is 0.255 e. The maximum Gasteiger partial charge on any atom is 0.255 e. The number of halogens is 1. The van der Waals surface area contributed by atoms with Gasteiger partial charge in [0.2, 0.25) is 0 Å². The van der Waals surface area contributed by atoms with Crippen LogP contribution in [0.2, 0.25) is 5.02 Å². The van der Waals surface area contributed by atoms with E-state index in [4.69, 9.17) is 11.6 Å². The topological polar surface area (TPSA) is 49.6 Å². The van der Waals surface area contributed by atoms with Crippen molar-refractivity contribution in [2.24, 2.45) is 0 Å². The molecule has 0 spiro atoms. The molecule has 0 aliphatic carbocycles. The molecule has 2 aromatic heterocycles. The number of carbonyl (C=O) groups is 1. The van der Waals surface area contributed by atoms with E-state index < -0.39 is 0 Å². The lowest BCUT2D eigenvalue weighted by Crippen LogP contribution is -2.44. The van der Waals surface area contributed by atoms with Crippen LogP contribution in [0.1, 0.15) is 22.2 Å². The van der Waals surface area contributed by atoms with Crippen LogP contribution in [0.15, 0.2) is 48.8 Å². The van der Waals surface area contributed by atoms with Gasteiger partial charge in [-0.05, 0) is 24.3 Å². The lowest BCUT2D eigenvalue weighted by molar-refractivity contribution is 0.0927. The molecule has 4 rings (SSSR count). The van der Waals surface area contributed by atoms with Gasteiger partial charge in [-0.15, -0.1) is 0 Å². The molecule has 1 aromatic carbocycles. The molecule has 1 N–H and O–H groups in total. The second kappa shape index (κ2) is 4.74. The van der Waals surface area contributed by atoms with E-state index in [1.165, 1.54) is 0 Å². The summed E-state index contributed by atoms with van der Waals surface area (Å²) in [5.74, 6) is -0.0891. The zero-order valence-corrected chi connectivity index (χ0v) is 12.6. The molecule has 1 amide bonds. The predicted octanol–water partition coefficient (Wildman–Crippen LogP) is 2.87. The van der Waals surface area contributed by atoms with Crippen molar-refractivity contribution in [2.75, 3.05) is 11.9 Å². The Kier molecular flexibility index (Phi) is 2.84. The highest BCUT2D eigenvalue weighted by molar-refractivity contribution is 6.30. The highest BCUT2D eigenvalue weighted by Crippen LogP contribution is 2.31. The summed E-state index contributed by atoms with van der Waals surface area (Å²) in [6.45, 7) is 0. The standard InChI is InChI=1S/C16H13ClN4O/c1-20-13-5-3-2-4-11(13)16(22)19-15(20)12-9-21-8-10(17)6-7-14(21)18-12/h2-9,15H,1H3,(H,19,22). The third kappa shape index (κ3) is 1.94. The van der Waals surface area contributed by atoms with Gasteiger partial charge in [-0.3, -0.25) is 4.79 Å². The minimum absolute atomic E-state index is 0.0891. The Hall–Kier alpha value is -2.53. The van der Waals surface area contributed by atoms with Crippen molar-refractivity contribution in [3.05, 3.63) is 65.1 Å². The number of carbonyl (C=O) groups excluding carboxylic acids is 1. The Morgan fingerprint density at radius 1 is 1.18 bits per heavy atom. The third-order valence-electron chi connectivity index (χ3n) is 3.90. The highest BCUT2D eigenvalue weighted by Gasteiger charge is 2.30. The molecular formula is C16H13ClN4O. The Balaban J connectivity index is 1.80. The maximum atomic E-state index is 12.3. The van der Waals surface area contributed by atoms with Crippen molar-refractivity contribution in [1.82, 2.24) is 14.7 Å². The van der Waals surface area contributed by atoms with Crippen LogP contribution in [0.5, 0.6) is 0 Å². The first-order chi connectivity index (χ1) is 10.6. The fraction of sp³-hybridized carbons (Fsp3) is 0.125. The minimum atomic E-state index is -0.305. The van der Waals surface area contributed by atoms with Gasteiger partial charge in [-0.25, -0.2) is 4.98 Å². The normalized spacial score (nSPS) is 17.5. The lowest BCUT2D eigenvalue weighted by atomic mass is 10.1. The summed E-state index contributed by atoms with van der Waals surface area (Å²) in [6.07, 6.45) is 3.38. The molecule has 110 valence electrons. The number of amides is 1. The Labute approximate surface area is 132 Å². The number of anilines is 1. The largest absolute Gasteiger partial charge is 0.349 e. The van der Waals surface area contributed by atoms with Gasteiger partial charge in [0.15, 0.2) is 0 Å². The molecule has 1 aliphatic heterocycles. The van der Waals surface area contributed by atoms with Crippen molar-refractivity contribution < 1.29 is 4.79 Å². The monoisotopic (exact) mass is 312 g/mol. The lowest BCUT2D eigenvalue weighted by Gasteiger charge is -2.35. The van der Waals surface area contributed by atoms with E-state index in [0.717, 1.165) is 17.0 Å². The van der Waals surface area contributed by atoms with Gasteiger partial charge in [0.25, 0.3) is 5.91 Å². The molecule has 3 heterocycles. The Morgan fingerprint density at radius 3 is 2.86 bits per heavy atom. The molecule has 6 heteroatoms. The Morgan fingerprint density at radius 2 is 2.00 bits per heavy atom. The van der Waals surface area contributed by atoms with E-state index in [1.54, 1.807) is 12.3 Å². The summed E-state index contributed by atoms with van der Waals surface area (Å²) in [6, 6.07) is 11.2. The van der Waals surface area contributed by atoms with Crippen molar-refractivity contribution in [1.29, 1.82) is 0 Å². The van der Waals surface area contributed by atoms with Gasteiger partial charge in [0.1, 0.15) is 17.5 Å². The molecular weight excluding hydrogens is 300 g/mol. The zero-order valence-electron chi connectivity index (χ0n) is 11.8. The van der Waals surface area contributed by atoms with Gasteiger partial charge in [-0.2, -0.15) is 0 Å². The Bertz CT molecular complexity index is 889. The van der Waals surface area contributed by atoms with E-state index in [1.807, 2.05) is 52.9 Å². The van der Waals surface area contributed by atoms with E-state index >= 15 is 0 Å². The van der Waals surface area contributed by atoms with Gasteiger partial charge in [0, 0.05) is 19.4 Å². The molecule has 1 atom stereocenters. The number of fused-ring (bicyclic) bond motifs is 2. The van der Waals surface area contributed by atoms with E-state index in [2.05, 4.69) is 10.3 Å². The number of benzene rings is 1. The summed E-state index contributed by atoms with van der Waals surface area (Å²) in [5.41, 5.74) is 3.13. The SMILES string of the molecule is CN1c2ccccc2C(=O)NC1c1cn2cc(Cl)ccc2n1. The van der Waals surface area contributed by atoms with Crippen LogP contribution < -0.4 is 10.2 Å². The number of rotatable bonds is 1. The number of nitrogens with one attached hydrogen (secondary N) is 1. The van der Waals surface area contributed by atoms with E-state index in [0.29, 0.717) is 10.6 Å².